The first kappa shape index (κ1) is 13.8. The van der Waals surface area contributed by atoms with Gasteiger partial charge in [0.1, 0.15) is 17.5 Å². The first-order valence-electron chi connectivity index (χ1n) is 7.94. The van der Waals surface area contributed by atoms with E-state index in [4.69, 9.17) is 5.73 Å². The Morgan fingerprint density at radius 1 is 1.35 bits per heavy atom. The smallest absolute Gasteiger partial charge is 0.142 e. The number of nitriles is 1. The molecular weight excluding hydrogens is 284 g/mol. The molecule has 1 fully saturated rings. The number of rotatable bonds is 2. The summed E-state index contributed by atoms with van der Waals surface area (Å²) in [4.78, 5) is 6.95. The zero-order valence-corrected chi connectivity index (χ0v) is 12.9. The maximum Gasteiger partial charge on any atom is 0.142 e. The fourth-order valence-corrected chi connectivity index (χ4v) is 3.81. The highest BCUT2D eigenvalue weighted by Gasteiger charge is 2.36. The Kier molecular flexibility index (Phi) is 3.09. The molecule has 0 unspecified atom stereocenters. The number of hydrogen-bond donors (Lipinski definition) is 1. The lowest BCUT2D eigenvalue weighted by atomic mass is 9.82. The van der Waals surface area contributed by atoms with Crippen LogP contribution in [0.4, 0.5) is 11.5 Å². The van der Waals surface area contributed by atoms with Crippen molar-refractivity contribution in [2.24, 2.45) is 0 Å². The maximum atomic E-state index is 9.65. The molecule has 0 radical (unpaired) electrons. The molecule has 0 atom stereocenters. The Balaban J connectivity index is 2.05. The minimum Gasteiger partial charge on any atom is -0.383 e. The van der Waals surface area contributed by atoms with Gasteiger partial charge >= 0.3 is 0 Å². The number of fused-ring (bicyclic) bond motifs is 2. The SMILES string of the molecule is C=Cc1cccc(-c2c(C#N)c(N)nc3c2N2CCC3CC2)c1. The summed E-state index contributed by atoms with van der Waals surface area (Å²) < 4.78 is 0. The summed E-state index contributed by atoms with van der Waals surface area (Å²) in [5.41, 5.74) is 11.8. The van der Waals surface area contributed by atoms with Crippen LogP contribution in [0.1, 0.15) is 35.6 Å². The van der Waals surface area contributed by atoms with Crippen molar-refractivity contribution in [3.8, 4) is 17.2 Å². The van der Waals surface area contributed by atoms with Crippen LogP contribution in [0.5, 0.6) is 0 Å². The summed E-state index contributed by atoms with van der Waals surface area (Å²) in [6, 6.07) is 10.4. The fourth-order valence-electron chi connectivity index (χ4n) is 3.81. The standard InChI is InChI=1S/C19H18N4/c1-2-12-4-3-5-14(10-12)16-15(11-20)19(21)22-17-13-6-8-23(9-7-13)18(16)17/h2-5,10,13H,1,6-9H2,(H2,21,22). The van der Waals surface area contributed by atoms with E-state index in [-0.39, 0.29) is 0 Å². The van der Waals surface area contributed by atoms with Gasteiger partial charge in [0.05, 0.1) is 11.4 Å². The van der Waals surface area contributed by atoms with Crippen LogP contribution in [-0.2, 0) is 0 Å². The van der Waals surface area contributed by atoms with E-state index in [0.717, 1.165) is 54.0 Å². The summed E-state index contributed by atoms with van der Waals surface area (Å²) in [5, 5.41) is 9.65. The lowest BCUT2D eigenvalue weighted by molar-refractivity contribution is 0.465. The number of pyridine rings is 1. The predicted molar refractivity (Wildman–Crippen MR) is 93.1 cm³/mol. The molecule has 2 bridgehead atoms. The van der Waals surface area contributed by atoms with Gasteiger partial charge in [0.15, 0.2) is 0 Å². The number of aromatic nitrogens is 1. The predicted octanol–water partition coefficient (Wildman–Crippen LogP) is 3.54. The van der Waals surface area contributed by atoms with Crippen LogP contribution >= 0.6 is 0 Å². The van der Waals surface area contributed by atoms with E-state index < -0.39 is 0 Å². The summed E-state index contributed by atoms with van der Waals surface area (Å²) in [5.74, 6) is 0.811. The Labute approximate surface area is 135 Å². The maximum absolute atomic E-state index is 9.65. The van der Waals surface area contributed by atoms with E-state index in [1.165, 1.54) is 0 Å². The molecular formula is C19H18N4. The zero-order chi connectivity index (χ0) is 16.0. The fraction of sp³-hybridized carbons (Fsp3) is 0.263. The molecule has 1 aromatic carbocycles. The second-order valence-corrected chi connectivity index (χ2v) is 6.18. The van der Waals surface area contributed by atoms with Crippen molar-refractivity contribution >= 4 is 17.6 Å². The Hall–Kier alpha value is -2.80. The second-order valence-electron chi connectivity index (χ2n) is 6.18. The van der Waals surface area contributed by atoms with E-state index in [2.05, 4.69) is 28.6 Å². The minimum absolute atomic E-state index is 0.346. The van der Waals surface area contributed by atoms with Gasteiger partial charge in [0, 0.05) is 24.6 Å². The second kappa shape index (κ2) is 5.13. The average Bonchev–Trinajstić information content (AvgIpc) is 2.61. The molecule has 0 amide bonds. The van der Waals surface area contributed by atoms with Crippen molar-refractivity contribution in [3.05, 3.63) is 47.7 Å². The van der Waals surface area contributed by atoms with Gasteiger partial charge in [-0.2, -0.15) is 5.26 Å². The Morgan fingerprint density at radius 3 is 2.83 bits per heavy atom. The molecule has 3 aliphatic heterocycles. The van der Waals surface area contributed by atoms with Crippen molar-refractivity contribution in [2.75, 3.05) is 23.7 Å². The Bertz CT molecular complexity index is 839. The molecule has 1 aromatic heterocycles. The quantitative estimate of drug-likeness (QED) is 0.921. The van der Waals surface area contributed by atoms with Gasteiger partial charge in [-0.05, 0) is 30.0 Å². The summed E-state index contributed by atoms with van der Waals surface area (Å²) in [7, 11) is 0. The van der Waals surface area contributed by atoms with Crippen molar-refractivity contribution in [1.82, 2.24) is 4.98 Å². The third-order valence-corrected chi connectivity index (χ3v) is 4.95. The van der Waals surface area contributed by atoms with Gasteiger partial charge in [-0.3, -0.25) is 0 Å². The third-order valence-electron chi connectivity index (χ3n) is 4.95. The monoisotopic (exact) mass is 302 g/mol. The number of piperidine rings is 1. The third kappa shape index (κ3) is 2.01. The van der Waals surface area contributed by atoms with Crippen LogP contribution in [0.3, 0.4) is 0 Å². The summed E-state index contributed by atoms with van der Waals surface area (Å²) >= 11 is 0. The molecule has 5 rings (SSSR count). The summed E-state index contributed by atoms with van der Waals surface area (Å²) in [6.45, 7) is 5.90. The topological polar surface area (TPSA) is 65.9 Å². The molecule has 4 nitrogen and oxygen atoms in total. The average molecular weight is 302 g/mol. The number of nitrogens with zero attached hydrogens (tertiary/aromatic N) is 3. The number of nitrogen functional groups attached to an aromatic ring is 1. The van der Waals surface area contributed by atoms with Crippen LogP contribution in [0, 0.1) is 11.3 Å². The van der Waals surface area contributed by atoms with Crippen molar-refractivity contribution in [2.45, 2.75) is 18.8 Å². The molecule has 2 aromatic rings. The van der Waals surface area contributed by atoms with Crippen LogP contribution in [0.15, 0.2) is 30.8 Å². The van der Waals surface area contributed by atoms with E-state index in [9.17, 15) is 5.26 Å². The van der Waals surface area contributed by atoms with Gasteiger partial charge in [0.2, 0.25) is 0 Å². The molecule has 0 spiro atoms. The van der Waals surface area contributed by atoms with E-state index >= 15 is 0 Å². The lowest BCUT2D eigenvalue weighted by Gasteiger charge is -2.42. The number of anilines is 2. The van der Waals surface area contributed by atoms with E-state index in [0.29, 0.717) is 17.3 Å². The molecule has 4 heterocycles. The van der Waals surface area contributed by atoms with Crippen molar-refractivity contribution in [3.63, 3.8) is 0 Å². The number of nitrogens with two attached hydrogens (primary N) is 1. The molecule has 1 saturated heterocycles. The number of hydrogen-bond acceptors (Lipinski definition) is 4. The first-order valence-corrected chi connectivity index (χ1v) is 7.94. The van der Waals surface area contributed by atoms with Gasteiger partial charge in [-0.15, -0.1) is 0 Å². The van der Waals surface area contributed by atoms with Crippen LogP contribution < -0.4 is 10.6 Å². The van der Waals surface area contributed by atoms with Crippen molar-refractivity contribution < 1.29 is 0 Å². The largest absolute Gasteiger partial charge is 0.383 e. The van der Waals surface area contributed by atoms with Gasteiger partial charge < -0.3 is 10.6 Å². The van der Waals surface area contributed by atoms with E-state index in [1.54, 1.807) is 0 Å². The van der Waals surface area contributed by atoms with Gasteiger partial charge in [-0.25, -0.2) is 4.98 Å². The molecule has 114 valence electrons. The summed E-state index contributed by atoms with van der Waals surface area (Å²) in [6.07, 6.45) is 4.06. The minimum atomic E-state index is 0.346. The first-order chi connectivity index (χ1) is 11.2. The molecule has 3 aliphatic rings. The van der Waals surface area contributed by atoms with Crippen LogP contribution in [0.25, 0.3) is 17.2 Å². The molecule has 23 heavy (non-hydrogen) atoms. The molecule has 4 heteroatoms. The van der Waals surface area contributed by atoms with Crippen LogP contribution in [-0.4, -0.2) is 18.1 Å². The molecule has 0 saturated carbocycles. The highest BCUT2D eigenvalue weighted by Crippen LogP contribution is 2.48. The number of benzene rings is 1. The normalized spacial score (nSPS) is 16.0. The lowest BCUT2D eigenvalue weighted by Crippen LogP contribution is -2.40. The van der Waals surface area contributed by atoms with Gasteiger partial charge in [0.25, 0.3) is 0 Å². The Morgan fingerprint density at radius 2 is 2.13 bits per heavy atom. The van der Waals surface area contributed by atoms with Crippen LogP contribution in [0.2, 0.25) is 0 Å². The van der Waals surface area contributed by atoms with Gasteiger partial charge in [-0.1, -0.05) is 30.9 Å². The molecule has 2 N–H and O–H groups in total. The highest BCUT2D eigenvalue weighted by atomic mass is 15.2. The van der Waals surface area contributed by atoms with E-state index in [1.807, 2.05) is 24.3 Å². The highest BCUT2D eigenvalue weighted by molar-refractivity contribution is 5.89. The zero-order valence-electron chi connectivity index (χ0n) is 12.9. The van der Waals surface area contributed by atoms with Crippen molar-refractivity contribution in [1.29, 1.82) is 5.26 Å². The molecule has 0 aliphatic carbocycles.